The third-order valence-corrected chi connectivity index (χ3v) is 4.63. The molecule has 1 aromatic rings. The maximum absolute atomic E-state index is 11.5. The molecule has 0 radical (unpaired) electrons. The van der Waals surface area contributed by atoms with Crippen molar-refractivity contribution in [3.8, 4) is 0 Å². The lowest BCUT2D eigenvalue weighted by atomic mass is 10.0. The van der Waals surface area contributed by atoms with Crippen molar-refractivity contribution in [2.75, 3.05) is 5.73 Å². The number of H-pyrrole nitrogens is 1. The van der Waals surface area contributed by atoms with Crippen LogP contribution in [0.15, 0.2) is 4.79 Å². The highest BCUT2D eigenvalue weighted by Crippen LogP contribution is 2.29. The van der Waals surface area contributed by atoms with Crippen LogP contribution in [0.3, 0.4) is 0 Å². The summed E-state index contributed by atoms with van der Waals surface area (Å²) >= 11 is 1.89. The second kappa shape index (κ2) is 5.58. The van der Waals surface area contributed by atoms with Crippen molar-refractivity contribution in [2.24, 2.45) is 0 Å². The van der Waals surface area contributed by atoms with Crippen LogP contribution in [0.4, 0.5) is 5.82 Å². The number of hydrogen-bond acceptors (Lipinski definition) is 4. The molecule has 0 bridgehead atoms. The number of aromatic amines is 1. The van der Waals surface area contributed by atoms with Gasteiger partial charge in [-0.15, -0.1) is 0 Å². The van der Waals surface area contributed by atoms with E-state index in [0.717, 1.165) is 11.0 Å². The fraction of sp³-hybridized carbons (Fsp3) is 0.667. The van der Waals surface area contributed by atoms with E-state index in [2.05, 4.69) is 9.97 Å². The molecule has 0 aliphatic heterocycles. The summed E-state index contributed by atoms with van der Waals surface area (Å²) in [7, 11) is 0. The quantitative estimate of drug-likeness (QED) is 0.866. The maximum atomic E-state index is 11.5. The predicted molar refractivity (Wildman–Crippen MR) is 72.2 cm³/mol. The Morgan fingerprint density at radius 1 is 1.41 bits per heavy atom. The molecule has 0 unspecified atom stereocenters. The summed E-state index contributed by atoms with van der Waals surface area (Å²) in [5.41, 5.74) is 6.09. The van der Waals surface area contributed by atoms with E-state index in [4.69, 9.17) is 5.73 Å². The van der Waals surface area contributed by atoms with Gasteiger partial charge in [-0.05, 0) is 19.8 Å². The molecule has 94 valence electrons. The molecule has 0 atom stereocenters. The number of nitrogens with one attached hydrogen (secondary N) is 1. The predicted octanol–water partition coefficient (Wildman–Crippen LogP) is 2.23. The zero-order chi connectivity index (χ0) is 12.3. The van der Waals surface area contributed by atoms with Crippen LogP contribution in [-0.4, -0.2) is 15.2 Å². The Morgan fingerprint density at radius 2 is 2.12 bits per heavy atom. The fourth-order valence-electron chi connectivity index (χ4n) is 2.10. The summed E-state index contributed by atoms with van der Waals surface area (Å²) in [6.07, 6.45) is 6.60. The zero-order valence-electron chi connectivity index (χ0n) is 10.2. The van der Waals surface area contributed by atoms with E-state index in [1.54, 1.807) is 6.92 Å². The van der Waals surface area contributed by atoms with E-state index in [1.165, 1.54) is 32.1 Å². The molecule has 1 saturated carbocycles. The molecule has 4 nitrogen and oxygen atoms in total. The van der Waals surface area contributed by atoms with Gasteiger partial charge in [-0.25, -0.2) is 4.98 Å². The van der Waals surface area contributed by atoms with Gasteiger partial charge in [-0.3, -0.25) is 4.79 Å². The molecule has 3 N–H and O–H groups in total. The second-order valence-corrected chi connectivity index (χ2v) is 5.88. The van der Waals surface area contributed by atoms with Crippen LogP contribution in [0.5, 0.6) is 0 Å². The molecule has 1 aliphatic carbocycles. The van der Waals surface area contributed by atoms with Crippen LogP contribution in [0.25, 0.3) is 0 Å². The third-order valence-electron chi connectivity index (χ3n) is 3.25. The number of nitrogen functional groups attached to an aromatic ring is 1. The first kappa shape index (κ1) is 12.5. The van der Waals surface area contributed by atoms with Gasteiger partial charge >= 0.3 is 0 Å². The summed E-state index contributed by atoms with van der Waals surface area (Å²) in [4.78, 5) is 18.5. The topological polar surface area (TPSA) is 71.8 Å². The largest absolute Gasteiger partial charge is 0.383 e. The molecule has 1 fully saturated rings. The van der Waals surface area contributed by atoms with E-state index in [9.17, 15) is 4.79 Å². The lowest BCUT2D eigenvalue weighted by molar-refractivity contribution is 0.516. The molecular formula is C12H19N3OS. The molecule has 0 saturated heterocycles. The van der Waals surface area contributed by atoms with Crippen LogP contribution in [0.1, 0.15) is 43.5 Å². The van der Waals surface area contributed by atoms with Crippen molar-refractivity contribution in [3.63, 3.8) is 0 Å². The van der Waals surface area contributed by atoms with Crippen LogP contribution < -0.4 is 11.3 Å². The van der Waals surface area contributed by atoms with Gasteiger partial charge in [0.25, 0.3) is 5.56 Å². The third kappa shape index (κ3) is 3.25. The Labute approximate surface area is 105 Å². The van der Waals surface area contributed by atoms with Crippen molar-refractivity contribution >= 4 is 17.6 Å². The molecule has 1 aromatic heterocycles. The molecule has 1 aliphatic rings. The Morgan fingerprint density at radius 3 is 2.76 bits per heavy atom. The van der Waals surface area contributed by atoms with E-state index >= 15 is 0 Å². The monoisotopic (exact) mass is 253 g/mol. The number of aromatic nitrogens is 2. The minimum atomic E-state index is -0.114. The maximum Gasteiger partial charge on any atom is 0.255 e. The Bertz CT molecular complexity index is 438. The number of anilines is 1. The number of rotatable bonds is 3. The molecule has 0 aromatic carbocycles. The summed E-state index contributed by atoms with van der Waals surface area (Å²) < 4.78 is 0. The summed E-state index contributed by atoms with van der Waals surface area (Å²) in [6.45, 7) is 1.69. The lowest BCUT2D eigenvalue weighted by Gasteiger charge is -2.20. The summed E-state index contributed by atoms with van der Waals surface area (Å²) in [6, 6.07) is 0. The zero-order valence-corrected chi connectivity index (χ0v) is 11.0. The van der Waals surface area contributed by atoms with Crippen molar-refractivity contribution < 1.29 is 0 Å². The number of nitrogens with two attached hydrogens (primary N) is 1. The SMILES string of the molecule is Cc1c(N)nc(CSC2CCCCC2)[nH]c1=O. The average Bonchev–Trinajstić information content (AvgIpc) is 2.34. The average molecular weight is 253 g/mol. The first-order chi connectivity index (χ1) is 8.16. The standard InChI is InChI=1S/C12H19N3OS/c1-8-11(13)14-10(15-12(8)16)7-17-9-5-3-2-4-6-9/h9H,2-7H2,1H3,(H3,13,14,15,16). The van der Waals surface area contributed by atoms with E-state index in [1.807, 2.05) is 11.8 Å². The van der Waals surface area contributed by atoms with E-state index in [0.29, 0.717) is 17.2 Å². The first-order valence-electron chi connectivity index (χ1n) is 6.13. The number of thioether (sulfide) groups is 1. The van der Waals surface area contributed by atoms with Gasteiger partial charge in [0.05, 0.1) is 11.3 Å². The van der Waals surface area contributed by atoms with Crippen LogP contribution in [0, 0.1) is 6.92 Å². The van der Waals surface area contributed by atoms with Crippen molar-refractivity contribution in [1.29, 1.82) is 0 Å². The van der Waals surface area contributed by atoms with Gasteiger partial charge in [-0.2, -0.15) is 11.8 Å². The van der Waals surface area contributed by atoms with Gasteiger partial charge in [0.2, 0.25) is 0 Å². The Balaban J connectivity index is 1.96. The van der Waals surface area contributed by atoms with Crippen molar-refractivity contribution in [2.45, 2.75) is 50.0 Å². The second-order valence-electron chi connectivity index (χ2n) is 4.59. The van der Waals surface area contributed by atoms with Crippen LogP contribution in [-0.2, 0) is 5.75 Å². The summed E-state index contributed by atoms with van der Waals surface area (Å²) in [5, 5.41) is 0.719. The Kier molecular flexibility index (Phi) is 4.10. The number of nitrogens with zero attached hydrogens (tertiary/aromatic N) is 1. The molecule has 0 spiro atoms. The molecule has 1 heterocycles. The van der Waals surface area contributed by atoms with Gasteiger partial charge in [0.1, 0.15) is 11.6 Å². The summed E-state index contributed by atoms with van der Waals surface area (Å²) in [5.74, 6) is 1.81. The fourth-order valence-corrected chi connectivity index (χ4v) is 3.29. The van der Waals surface area contributed by atoms with Crippen LogP contribution in [0.2, 0.25) is 0 Å². The first-order valence-corrected chi connectivity index (χ1v) is 7.18. The van der Waals surface area contributed by atoms with Crippen LogP contribution >= 0.6 is 11.8 Å². The molecule has 2 rings (SSSR count). The molecule has 17 heavy (non-hydrogen) atoms. The van der Waals surface area contributed by atoms with Gasteiger partial charge in [-0.1, -0.05) is 19.3 Å². The van der Waals surface area contributed by atoms with E-state index in [-0.39, 0.29) is 5.56 Å². The number of hydrogen-bond donors (Lipinski definition) is 2. The van der Waals surface area contributed by atoms with Gasteiger partial charge < -0.3 is 10.7 Å². The highest BCUT2D eigenvalue weighted by Gasteiger charge is 2.14. The Hall–Kier alpha value is -0.970. The normalized spacial score (nSPS) is 17.2. The van der Waals surface area contributed by atoms with Gasteiger partial charge in [0, 0.05) is 5.25 Å². The molecule has 5 heteroatoms. The molecule has 0 amide bonds. The minimum absolute atomic E-state index is 0.114. The lowest BCUT2D eigenvalue weighted by Crippen LogP contribution is -2.17. The molecular weight excluding hydrogens is 234 g/mol. The smallest absolute Gasteiger partial charge is 0.255 e. The van der Waals surface area contributed by atoms with Crippen molar-refractivity contribution in [1.82, 2.24) is 9.97 Å². The van der Waals surface area contributed by atoms with Crippen molar-refractivity contribution in [3.05, 3.63) is 21.7 Å². The highest BCUT2D eigenvalue weighted by molar-refractivity contribution is 7.99. The van der Waals surface area contributed by atoms with Gasteiger partial charge in [0.15, 0.2) is 0 Å². The van der Waals surface area contributed by atoms with E-state index < -0.39 is 0 Å². The minimum Gasteiger partial charge on any atom is -0.383 e. The highest BCUT2D eigenvalue weighted by atomic mass is 32.2.